The zero-order valence-corrected chi connectivity index (χ0v) is 12.7. The maximum absolute atomic E-state index is 10.4. The Morgan fingerprint density at radius 1 is 1.30 bits per heavy atom. The first-order chi connectivity index (χ1) is 9.39. The molecule has 0 aliphatic heterocycles. The molecule has 108 valence electrons. The average molecular weight is 294 g/mol. The fraction of sp³-hybridized carbons (Fsp3) is 0.467. The summed E-state index contributed by atoms with van der Waals surface area (Å²) >= 11 is 6.29. The second-order valence-electron chi connectivity index (χ2n) is 6.03. The average Bonchev–Trinajstić information content (AvgIpc) is 2.89. The molecule has 0 fully saturated rings. The van der Waals surface area contributed by atoms with Crippen LogP contribution in [-0.4, -0.2) is 26.0 Å². The van der Waals surface area contributed by atoms with E-state index in [0.29, 0.717) is 11.4 Å². The molecule has 1 N–H and O–H groups in total. The van der Waals surface area contributed by atoms with Gasteiger partial charge in [0.15, 0.2) is 0 Å². The maximum Gasteiger partial charge on any atom is 0.137 e. The summed E-state index contributed by atoms with van der Waals surface area (Å²) in [6.45, 7) is 6.05. The van der Waals surface area contributed by atoms with E-state index in [4.69, 9.17) is 11.6 Å². The molecule has 0 bridgehead atoms. The summed E-state index contributed by atoms with van der Waals surface area (Å²) in [5, 5.41) is 15.3. The van der Waals surface area contributed by atoms with Crippen molar-refractivity contribution >= 4 is 11.6 Å². The standard InChI is InChI=1S/C15H20ClN3O/c1-15(2,3)14(20)8-13(19-10-17-9-18-19)11-6-4-5-7-12(11)16/h4-7,9-10,13-14,20H,8H2,1-3H3. The van der Waals surface area contributed by atoms with E-state index in [1.54, 1.807) is 11.0 Å². The molecule has 20 heavy (non-hydrogen) atoms. The van der Waals surface area contributed by atoms with Crippen molar-refractivity contribution in [1.82, 2.24) is 14.8 Å². The monoisotopic (exact) mass is 293 g/mol. The van der Waals surface area contributed by atoms with E-state index < -0.39 is 6.10 Å². The second kappa shape index (κ2) is 5.94. The van der Waals surface area contributed by atoms with Crippen LogP contribution < -0.4 is 0 Å². The van der Waals surface area contributed by atoms with E-state index in [0.717, 1.165) is 5.56 Å². The van der Waals surface area contributed by atoms with Crippen LogP contribution in [0.25, 0.3) is 0 Å². The zero-order valence-electron chi connectivity index (χ0n) is 12.0. The number of nitrogens with zero attached hydrogens (tertiary/aromatic N) is 3. The number of hydrogen-bond acceptors (Lipinski definition) is 3. The van der Waals surface area contributed by atoms with Gasteiger partial charge in [0.25, 0.3) is 0 Å². The fourth-order valence-corrected chi connectivity index (χ4v) is 2.33. The first-order valence-electron chi connectivity index (χ1n) is 6.66. The van der Waals surface area contributed by atoms with Crippen LogP contribution in [0.1, 0.15) is 38.8 Å². The van der Waals surface area contributed by atoms with E-state index in [2.05, 4.69) is 10.1 Å². The molecule has 1 aromatic heterocycles. The molecule has 0 saturated carbocycles. The molecule has 1 aromatic carbocycles. The van der Waals surface area contributed by atoms with Crippen LogP contribution >= 0.6 is 11.6 Å². The van der Waals surface area contributed by atoms with E-state index in [1.807, 2.05) is 45.0 Å². The predicted octanol–water partition coefficient (Wildman–Crippen LogP) is 3.32. The molecular weight excluding hydrogens is 274 g/mol. The third kappa shape index (κ3) is 3.38. The van der Waals surface area contributed by atoms with Gasteiger partial charge in [-0.1, -0.05) is 50.6 Å². The highest BCUT2D eigenvalue weighted by Crippen LogP contribution is 2.33. The Balaban J connectivity index is 2.34. The summed E-state index contributed by atoms with van der Waals surface area (Å²) in [7, 11) is 0. The quantitative estimate of drug-likeness (QED) is 0.941. The minimum atomic E-state index is -0.465. The van der Waals surface area contributed by atoms with E-state index in [-0.39, 0.29) is 11.5 Å². The molecule has 4 nitrogen and oxygen atoms in total. The minimum Gasteiger partial charge on any atom is -0.392 e. The summed E-state index contributed by atoms with van der Waals surface area (Å²) in [4.78, 5) is 3.99. The summed E-state index contributed by atoms with van der Waals surface area (Å²) < 4.78 is 1.75. The van der Waals surface area contributed by atoms with Gasteiger partial charge in [-0.2, -0.15) is 5.10 Å². The van der Waals surface area contributed by atoms with Crippen molar-refractivity contribution < 1.29 is 5.11 Å². The van der Waals surface area contributed by atoms with Gasteiger partial charge >= 0.3 is 0 Å². The topological polar surface area (TPSA) is 50.9 Å². The van der Waals surface area contributed by atoms with Crippen molar-refractivity contribution in [3.8, 4) is 0 Å². The van der Waals surface area contributed by atoms with Crippen LogP contribution in [0.5, 0.6) is 0 Å². The zero-order chi connectivity index (χ0) is 14.8. The lowest BCUT2D eigenvalue weighted by atomic mass is 9.84. The normalized spacial score (nSPS) is 15.1. The summed E-state index contributed by atoms with van der Waals surface area (Å²) in [5.41, 5.74) is 0.753. The number of aliphatic hydroxyl groups excluding tert-OH is 1. The Morgan fingerprint density at radius 2 is 2.00 bits per heavy atom. The molecule has 0 amide bonds. The maximum atomic E-state index is 10.4. The molecule has 1 heterocycles. The third-order valence-electron chi connectivity index (χ3n) is 3.47. The highest BCUT2D eigenvalue weighted by Gasteiger charge is 2.28. The van der Waals surface area contributed by atoms with Crippen LogP contribution in [0.4, 0.5) is 0 Å². The largest absolute Gasteiger partial charge is 0.392 e. The Hall–Kier alpha value is -1.39. The molecule has 2 aromatic rings. The third-order valence-corrected chi connectivity index (χ3v) is 3.81. The van der Waals surface area contributed by atoms with Crippen LogP contribution in [0.15, 0.2) is 36.9 Å². The Bertz CT molecular complexity index is 548. The number of aromatic nitrogens is 3. The van der Waals surface area contributed by atoms with Gasteiger partial charge in [0.05, 0.1) is 12.1 Å². The van der Waals surface area contributed by atoms with Crippen molar-refractivity contribution in [1.29, 1.82) is 0 Å². The molecule has 2 atom stereocenters. The van der Waals surface area contributed by atoms with Gasteiger partial charge in [0.2, 0.25) is 0 Å². The van der Waals surface area contributed by atoms with Crippen molar-refractivity contribution in [2.24, 2.45) is 5.41 Å². The number of halogens is 1. The van der Waals surface area contributed by atoms with Gasteiger partial charge in [-0.3, -0.25) is 0 Å². The Labute approximate surface area is 124 Å². The summed E-state index contributed by atoms with van der Waals surface area (Å²) in [6.07, 6.45) is 3.22. The molecule has 0 aliphatic carbocycles. The molecule has 0 saturated heterocycles. The highest BCUT2D eigenvalue weighted by atomic mass is 35.5. The molecule has 2 unspecified atom stereocenters. The Morgan fingerprint density at radius 3 is 2.55 bits per heavy atom. The van der Waals surface area contributed by atoms with Gasteiger partial charge in [-0.05, 0) is 17.0 Å². The molecule has 5 heteroatoms. The number of hydrogen-bond donors (Lipinski definition) is 1. The molecule has 0 aliphatic rings. The van der Waals surface area contributed by atoms with Crippen LogP contribution in [-0.2, 0) is 0 Å². The minimum absolute atomic E-state index is 0.125. The number of rotatable bonds is 4. The molecule has 0 spiro atoms. The fourth-order valence-electron chi connectivity index (χ4n) is 2.07. The molecule has 2 rings (SSSR count). The molecular formula is C15H20ClN3O. The molecule has 0 radical (unpaired) electrons. The van der Waals surface area contributed by atoms with Crippen LogP contribution in [0.3, 0.4) is 0 Å². The van der Waals surface area contributed by atoms with E-state index in [9.17, 15) is 5.11 Å². The first kappa shape index (κ1) is 15.0. The van der Waals surface area contributed by atoms with Gasteiger partial charge in [-0.15, -0.1) is 0 Å². The van der Waals surface area contributed by atoms with Crippen molar-refractivity contribution in [3.63, 3.8) is 0 Å². The first-order valence-corrected chi connectivity index (χ1v) is 7.04. The van der Waals surface area contributed by atoms with E-state index in [1.165, 1.54) is 6.33 Å². The number of aliphatic hydroxyl groups is 1. The van der Waals surface area contributed by atoms with Crippen LogP contribution in [0.2, 0.25) is 5.02 Å². The smallest absolute Gasteiger partial charge is 0.137 e. The van der Waals surface area contributed by atoms with Gasteiger partial charge in [0, 0.05) is 11.4 Å². The van der Waals surface area contributed by atoms with Crippen molar-refractivity contribution in [3.05, 3.63) is 47.5 Å². The number of benzene rings is 1. The van der Waals surface area contributed by atoms with Gasteiger partial charge in [-0.25, -0.2) is 9.67 Å². The van der Waals surface area contributed by atoms with Crippen molar-refractivity contribution in [2.45, 2.75) is 39.3 Å². The lowest BCUT2D eigenvalue weighted by molar-refractivity contribution is 0.0455. The summed E-state index contributed by atoms with van der Waals surface area (Å²) in [6, 6.07) is 7.52. The predicted molar refractivity (Wildman–Crippen MR) is 79.7 cm³/mol. The van der Waals surface area contributed by atoms with Gasteiger partial charge in [0.1, 0.15) is 12.7 Å². The lowest BCUT2D eigenvalue weighted by Gasteiger charge is -2.30. The second-order valence-corrected chi connectivity index (χ2v) is 6.44. The highest BCUT2D eigenvalue weighted by molar-refractivity contribution is 6.31. The van der Waals surface area contributed by atoms with Crippen LogP contribution in [0, 0.1) is 5.41 Å². The lowest BCUT2D eigenvalue weighted by Crippen LogP contribution is -2.30. The van der Waals surface area contributed by atoms with Crippen molar-refractivity contribution in [2.75, 3.05) is 0 Å². The van der Waals surface area contributed by atoms with Gasteiger partial charge < -0.3 is 5.11 Å². The summed E-state index contributed by atoms with van der Waals surface area (Å²) in [5.74, 6) is 0. The Kier molecular flexibility index (Phi) is 4.45. The SMILES string of the molecule is CC(C)(C)C(O)CC(c1ccccc1Cl)n1cncn1. The van der Waals surface area contributed by atoms with E-state index >= 15 is 0 Å².